The molecular weight excluding hydrogens is 267 g/mol. The molecule has 4 heteroatoms. The summed E-state index contributed by atoms with van der Waals surface area (Å²) >= 11 is 0. The lowest BCUT2D eigenvalue weighted by atomic mass is 9.98. The van der Waals surface area contributed by atoms with Crippen LogP contribution in [-0.2, 0) is 6.42 Å². The van der Waals surface area contributed by atoms with Crippen molar-refractivity contribution in [2.24, 2.45) is 5.84 Å². The van der Waals surface area contributed by atoms with E-state index in [1.807, 2.05) is 37.3 Å². The predicted octanol–water partition coefficient (Wildman–Crippen LogP) is 3.28. The van der Waals surface area contributed by atoms with Gasteiger partial charge in [-0.3, -0.25) is 11.3 Å². The Morgan fingerprint density at radius 1 is 1.19 bits per heavy atom. The molecule has 3 nitrogen and oxygen atoms in total. The summed E-state index contributed by atoms with van der Waals surface area (Å²) < 4.78 is 18.6. The average molecular weight is 288 g/mol. The number of hydrazine groups is 1. The number of hydrogen-bond donors (Lipinski definition) is 2. The number of halogens is 1. The molecule has 0 heterocycles. The number of aryl methyl sites for hydroxylation is 2. The van der Waals surface area contributed by atoms with Crippen molar-refractivity contribution in [3.8, 4) is 5.75 Å². The third kappa shape index (κ3) is 4.28. The number of nitrogens with two attached hydrogens (primary N) is 1. The first kappa shape index (κ1) is 15.5. The van der Waals surface area contributed by atoms with Gasteiger partial charge in [0.25, 0.3) is 0 Å². The Bertz CT molecular complexity index is 564. The van der Waals surface area contributed by atoms with Gasteiger partial charge in [-0.1, -0.05) is 18.2 Å². The van der Waals surface area contributed by atoms with Crippen molar-refractivity contribution in [2.75, 3.05) is 7.11 Å². The van der Waals surface area contributed by atoms with Crippen molar-refractivity contribution in [1.29, 1.82) is 0 Å². The Kier molecular flexibility index (Phi) is 5.31. The summed E-state index contributed by atoms with van der Waals surface area (Å²) in [4.78, 5) is 0. The highest BCUT2D eigenvalue weighted by molar-refractivity contribution is 5.29. The Balaban J connectivity index is 2.04. The predicted molar refractivity (Wildman–Crippen MR) is 82.5 cm³/mol. The number of methoxy groups -OCH3 is 1. The second-order valence-corrected chi connectivity index (χ2v) is 5.17. The zero-order valence-corrected chi connectivity index (χ0v) is 12.4. The first-order valence-electron chi connectivity index (χ1n) is 6.98. The van der Waals surface area contributed by atoms with Gasteiger partial charge in [-0.15, -0.1) is 0 Å². The van der Waals surface area contributed by atoms with E-state index >= 15 is 0 Å². The van der Waals surface area contributed by atoms with Crippen LogP contribution in [0.2, 0.25) is 0 Å². The first-order valence-corrected chi connectivity index (χ1v) is 6.98. The molecular formula is C17H21FN2O. The van der Waals surface area contributed by atoms with Gasteiger partial charge in [0.2, 0.25) is 0 Å². The van der Waals surface area contributed by atoms with Gasteiger partial charge in [0.15, 0.2) is 0 Å². The van der Waals surface area contributed by atoms with E-state index in [-0.39, 0.29) is 11.9 Å². The molecule has 0 bridgehead atoms. The van der Waals surface area contributed by atoms with Crippen LogP contribution in [-0.4, -0.2) is 7.11 Å². The summed E-state index contributed by atoms with van der Waals surface area (Å²) in [5.41, 5.74) is 5.75. The molecule has 1 unspecified atom stereocenters. The summed E-state index contributed by atoms with van der Waals surface area (Å²) in [5, 5.41) is 0. The van der Waals surface area contributed by atoms with Gasteiger partial charge in [0.05, 0.1) is 7.11 Å². The highest BCUT2D eigenvalue weighted by atomic mass is 19.1. The lowest BCUT2D eigenvalue weighted by molar-refractivity contribution is 0.414. The van der Waals surface area contributed by atoms with Gasteiger partial charge in [0.1, 0.15) is 11.6 Å². The fourth-order valence-electron chi connectivity index (χ4n) is 2.42. The zero-order chi connectivity index (χ0) is 15.2. The van der Waals surface area contributed by atoms with Gasteiger partial charge in [-0.25, -0.2) is 4.39 Å². The maximum absolute atomic E-state index is 13.5. The van der Waals surface area contributed by atoms with E-state index in [9.17, 15) is 4.39 Å². The molecule has 0 fully saturated rings. The third-order valence-electron chi connectivity index (χ3n) is 3.55. The largest absolute Gasteiger partial charge is 0.497 e. The molecule has 112 valence electrons. The van der Waals surface area contributed by atoms with Crippen molar-refractivity contribution >= 4 is 0 Å². The fraction of sp³-hybridized carbons (Fsp3) is 0.294. The van der Waals surface area contributed by atoms with Crippen molar-refractivity contribution < 1.29 is 9.13 Å². The number of nitrogens with one attached hydrogen (secondary N) is 1. The smallest absolute Gasteiger partial charge is 0.123 e. The zero-order valence-electron chi connectivity index (χ0n) is 12.4. The van der Waals surface area contributed by atoms with Gasteiger partial charge in [0, 0.05) is 6.04 Å². The van der Waals surface area contributed by atoms with E-state index in [1.54, 1.807) is 7.11 Å². The van der Waals surface area contributed by atoms with Crippen LogP contribution in [0.25, 0.3) is 0 Å². The molecule has 0 aromatic heterocycles. The maximum Gasteiger partial charge on any atom is 0.123 e. The monoisotopic (exact) mass is 288 g/mol. The summed E-state index contributed by atoms with van der Waals surface area (Å²) in [6.45, 7) is 1.88. The summed E-state index contributed by atoms with van der Waals surface area (Å²) in [6.07, 6.45) is 1.65. The van der Waals surface area contributed by atoms with Crippen LogP contribution in [0.5, 0.6) is 5.75 Å². The number of ether oxygens (including phenoxy) is 1. The van der Waals surface area contributed by atoms with Gasteiger partial charge in [-0.2, -0.15) is 0 Å². The average Bonchev–Trinajstić information content (AvgIpc) is 2.47. The van der Waals surface area contributed by atoms with Crippen molar-refractivity contribution in [3.05, 3.63) is 65.0 Å². The second kappa shape index (κ2) is 7.20. The molecule has 21 heavy (non-hydrogen) atoms. The van der Waals surface area contributed by atoms with Crippen molar-refractivity contribution in [1.82, 2.24) is 5.43 Å². The minimum Gasteiger partial charge on any atom is -0.497 e. The molecule has 0 aliphatic rings. The van der Waals surface area contributed by atoms with Crippen LogP contribution in [0.15, 0.2) is 42.5 Å². The molecule has 2 aromatic carbocycles. The summed E-state index contributed by atoms with van der Waals surface area (Å²) in [7, 11) is 1.65. The molecule has 3 N–H and O–H groups in total. The molecule has 2 rings (SSSR count). The van der Waals surface area contributed by atoms with E-state index in [2.05, 4.69) is 5.43 Å². The van der Waals surface area contributed by atoms with Crippen molar-refractivity contribution in [2.45, 2.75) is 25.8 Å². The lowest BCUT2D eigenvalue weighted by Gasteiger charge is -2.17. The van der Waals surface area contributed by atoms with E-state index in [1.165, 1.54) is 17.7 Å². The first-order chi connectivity index (χ1) is 10.1. The summed E-state index contributed by atoms with van der Waals surface area (Å²) in [6, 6.07) is 12.9. The van der Waals surface area contributed by atoms with Gasteiger partial charge < -0.3 is 4.74 Å². The molecule has 1 atom stereocenters. The SMILES string of the molecule is COc1ccc(CCC(NN)c2cc(C)cc(F)c2)cc1. The maximum atomic E-state index is 13.5. The Morgan fingerprint density at radius 2 is 1.90 bits per heavy atom. The third-order valence-corrected chi connectivity index (χ3v) is 3.55. The molecule has 0 radical (unpaired) electrons. The van der Waals surface area contributed by atoms with Crippen LogP contribution in [0.3, 0.4) is 0 Å². The number of rotatable bonds is 6. The van der Waals surface area contributed by atoms with Crippen LogP contribution in [0.1, 0.15) is 29.2 Å². The van der Waals surface area contributed by atoms with E-state index < -0.39 is 0 Å². The van der Waals surface area contributed by atoms with E-state index in [0.29, 0.717) is 0 Å². The second-order valence-electron chi connectivity index (χ2n) is 5.17. The molecule has 0 amide bonds. The minimum absolute atomic E-state index is 0.0681. The van der Waals surface area contributed by atoms with Crippen LogP contribution in [0, 0.1) is 12.7 Å². The Hall–Kier alpha value is -1.91. The Labute approximate surface area is 124 Å². The molecule has 0 spiro atoms. The molecule has 0 aliphatic carbocycles. The molecule has 0 aliphatic heterocycles. The van der Waals surface area contributed by atoms with Crippen LogP contribution in [0.4, 0.5) is 4.39 Å². The number of benzene rings is 2. The standard InChI is InChI=1S/C17H21FN2O/c1-12-9-14(11-15(18)10-12)17(20-19)8-5-13-3-6-16(21-2)7-4-13/h3-4,6-7,9-11,17,20H,5,8,19H2,1-2H3. The van der Waals surface area contributed by atoms with Crippen LogP contribution < -0.4 is 16.0 Å². The van der Waals surface area contributed by atoms with E-state index in [0.717, 1.165) is 29.7 Å². The van der Waals surface area contributed by atoms with Gasteiger partial charge >= 0.3 is 0 Å². The highest BCUT2D eigenvalue weighted by Gasteiger charge is 2.11. The summed E-state index contributed by atoms with van der Waals surface area (Å²) in [5.74, 6) is 6.24. The molecule has 0 saturated carbocycles. The van der Waals surface area contributed by atoms with E-state index in [4.69, 9.17) is 10.6 Å². The van der Waals surface area contributed by atoms with Gasteiger partial charge in [-0.05, 0) is 60.7 Å². The topological polar surface area (TPSA) is 47.3 Å². The minimum atomic E-state index is -0.227. The van der Waals surface area contributed by atoms with Crippen molar-refractivity contribution in [3.63, 3.8) is 0 Å². The quantitative estimate of drug-likeness (QED) is 0.633. The molecule has 2 aromatic rings. The normalized spacial score (nSPS) is 12.2. The van der Waals surface area contributed by atoms with Crippen LogP contribution >= 0.6 is 0 Å². The molecule has 0 saturated heterocycles. The number of hydrogen-bond acceptors (Lipinski definition) is 3. The Morgan fingerprint density at radius 3 is 2.48 bits per heavy atom. The lowest BCUT2D eigenvalue weighted by Crippen LogP contribution is -2.28. The highest BCUT2D eigenvalue weighted by Crippen LogP contribution is 2.21. The fourth-order valence-corrected chi connectivity index (χ4v) is 2.42.